The average Bonchev–Trinajstić information content (AvgIpc) is 2.02. The van der Waals surface area contributed by atoms with Crippen molar-refractivity contribution in [2.24, 2.45) is 0 Å². The molecular formula is C8H17NaO4S. The van der Waals surface area contributed by atoms with E-state index in [1.807, 2.05) is 6.92 Å². The minimum absolute atomic E-state index is 0. The largest absolute Gasteiger partial charge is 1.00 e. The van der Waals surface area contributed by atoms with Crippen molar-refractivity contribution < 1.29 is 47.6 Å². The summed E-state index contributed by atoms with van der Waals surface area (Å²) >= 11 is 0. The first-order valence-corrected chi connectivity index (χ1v) is 6.03. The molecule has 0 aliphatic heterocycles. The molecule has 14 heavy (non-hydrogen) atoms. The van der Waals surface area contributed by atoms with Gasteiger partial charge in [0.2, 0.25) is 0 Å². The molecule has 4 nitrogen and oxygen atoms in total. The second kappa shape index (κ2) is 8.07. The number of unbranched alkanes of at least 4 members (excludes halogenated alkanes) is 1. The topological polar surface area (TPSA) is 77.4 Å². The zero-order valence-corrected chi connectivity index (χ0v) is 11.9. The Kier molecular flexibility index (Phi) is 9.96. The van der Waals surface area contributed by atoms with E-state index in [0.717, 1.165) is 6.42 Å². The van der Waals surface area contributed by atoms with Crippen LogP contribution in [0.3, 0.4) is 0 Å². The summed E-state index contributed by atoms with van der Waals surface area (Å²) in [7, 11) is -4.35. The number of hydrogen-bond acceptors (Lipinski definition) is 4. The normalized spacial score (nSPS) is 15.7. The van der Waals surface area contributed by atoms with Crippen LogP contribution in [-0.4, -0.2) is 29.4 Å². The van der Waals surface area contributed by atoms with Crippen molar-refractivity contribution in [3.63, 3.8) is 0 Å². The summed E-state index contributed by atoms with van der Waals surface area (Å²) in [6.45, 7) is 3.57. The van der Waals surface area contributed by atoms with Crippen molar-refractivity contribution in [2.75, 3.05) is 0 Å². The minimum atomic E-state index is -4.35. The van der Waals surface area contributed by atoms with Crippen molar-refractivity contribution >= 4 is 10.1 Å². The summed E-state index contributed by atoms with van der Waals surface area (Å²) in [5.74, 6) is 0. The summed E-state index contributed by atoms with van der Waals surface area (Å²) < 4.78 is 32.2. The SMILES string of the molecule is CCCCC(C(O)CC)S(=O)(=O)[O-].[Na+]. The predicted octanol–water partition coefficient (Wildman–Crippen LogP) is -2.13. The minimum Gasteiger partial charge on any atom is -0.748 e. The maximum Gasteiger partial charge on any atom is 1.00 e. The summed E-state index contributed by atoms with van der Waals surface area (Å²) in [6.07, 6.45) is 1.02. The van der Waals surface area contributed by atoms with Crippen molar-refractivity contribution in [3.8, 4) is 0 Å². The molecule has 0 radical (unpaired) electrons. The third-order valence-electron chi connectivity index (χ3n) is 2.06. The van der Waals surface area contributed by atoms with E-state index in [9.17, 15) is 18.1 Å². The molecule has 0 aromatic heterocycles. The average molecular weight is 232 g/mol. The van der Waals surface area contributed by atoms with Crippen LogP contribution in [-0.2, 0) is 10.1 Å². The van der Waals surface area contributed by atoms with Crippen LogP contribution in [0.25, 0.3) is 0 Å². The Morgan fingerprint density at radius 3 is 2.14 bits per heavy atom. The van der Waals surface area contributed by atoms with E-state index in [1.165, 1.54) is 0 Å². The summed E-state index contributed by atoms with van der Waals surface area (Å²) in [5.41, 5.74) is 0. The van der Waals surface area contributed by atoms with Gasteiger partial charge in [0.15, 0.2) is 0 Å². The van der Waals surface area contributed by atoms with Crippen LogP contribution >= 0.6 is 0 Å². The van der Waals surface area contributed by atoms with E-state index >= 15 is 0 Å². The van der Waals surface area contributed by atoms with Crippen LogP contribution in [0.2, 0.25) is 0 Å². The molecular weight excluding hydrogens is 215 g/mol. The molecule has 6 heteroatoms. The van der Waals surface area contributed by atoms with Gasteiger partial charge in [0.25, 0.3) is 0 Å². The van der Waals surface area contributed by atoms with Gasteiger partial charge in [-0.1, -0.05) is 26.7 Å². The Morgan fingerprint density at radius 1 is 1.36 bits per heavy atom. The molecule has 0 rings (SSSR count). The third kappa shape index (κ3) is 6.37. The molecule has 0 bridgehead atoms. The Morgan fingerprint density at radius 2 is 1.86 bits per heavy atom. The van der Waals surface area contributed by atoms with Gasteiger partial charge in [-0.15, -0.1) is 0 Å². The molecule has 0 heterocycles. The van der Waals surface area contributed by atoms with Crippen molar-refractivity contribution in [3.05, 3.63) is 0 Å². The summed E-state index contributed by atoms with van der Waals surface area (Å²) in [6, 6.07) is 0. The first-order chi connectivity index (χ1) is 5.93. The monoisotopic (exact) mass is 232 g/mol. The fourth-order valence-electron chi connectivity index (χ4n) is 1.20. The van der Waals surface area contributed by atoms with Gasteiger partial charge >= 0.3 is 29.6 Å². The van der Waals surface area contributed by atoms with Gasteiger partial charge in [0, 0.05) is 0 Å². The molecule has 0 spiro atoms. The van der Waals surface area contributed by atoms with Crippen LogP contribution < -0.4 is 29.6 Å². The van der Waals surface area contributed by atoms with Gasteiger partial charge < -0.3 is 9.66 Å². The van der Waals surface area contributed by atoms with E-state index in [-0.39, 0.29) is 36.0 Å². The predicted molar refractivity (Wildman–Crippen MR) is 49.3 cm³/mol. The number of aliphatic hydroxyl groups excluding tert-OH is 1. The molecule has 0 aromatic carbocycles. The van der Waals surface area contributed by atoms with E-state index in [4.69, 9.17) is 0 Å². The zero-order chi connectivity index (χ0) is 10.5. The van der Waals surface area contributed by atoms with Gasteiger partial charge in [-0.05, 0) is 12.8 Å². The molecule has 80 valence electrons. The number of rotatable bonds is 6. The van der Waals surface area contributed by atoms with Crippen molar-refractivity contribution in [2.45, 2.75) is 50.9 Å². The van der Waals surface area contributed by atoms with Gasteiger partial charge in [-0.2, -0.15) is 0 Å². The quantitative estimate of drug-likeness (QED) is 0.419. The molecule has 2 unspecified atom stereocenters. The number of aliphatic hydroxyl groups is 1. The summed E-state index contributed by atoms with van der Waals surface area (Å²) in [5, 5.41) is 8.17. The van der Waals surface area contributed by atoms with Crippen molar-refractivity contribution in [1.82, 2.24) is 0 Å². The molecule has 0 aromatic rings. The van der Waals surface area contributed by atoms with Crippen LogP contribution in [0.15, 0.2) is 0 Å². The Balaban J connectivity index is 0. The van der Waals surface area contributed by atoms with Gasteiger partial charge in [-0.3, -0.25) is 0 Å². The first kappa shape index (κ1) is 17.3. The van der Waals surface area contributed by atoms with Crippen molar-refractivity contribution in [1.29, 1.82) is 0 Å². The van der Waals surface area contributed by atoms with Gasteiger partial charge in [0.05, 0.1) is 11.4 Å². The molecule has 0 saturated carbocycles. The number of hydrogen-bond donors (Lipinski definition) is 1. The second-order valence-electron chi connectivity index (χ2n) is 3.15. The first-order valence-electron chi connectivity index (χ1n) is 4.56. The fraction of sp³-hybridized carbons (Fsp3) is 1.00. The molecule has 0 saturated heterocycles. The van der Waals surface area contributed by atoms with Gasteiger partial charge in [-0.25, -0.2) is 8.42 Å². The maximum atomic E-state index is 10.7. The molecule has 0 aliphatic carbocycles. The van der Waals surface area contributed by atoms with Crippen LogP contribution in [0.5, 0.6) is 0 Å². The van der Waals surface area contributed by atoms with E-state index in [1.54, 1.807) is 6.92 Å². The van der Waals surface area contributed by atoms with Gasteiger partial charge in [0.1, 0.15) is 10.1 Å². The van der Waals surface area contributed by atoms with E-state index in [2.05, 4.69) is 0 Å². The zero-order valence-electron chi connectivity index (χ0n) is 9.06. The second-order valence-corrected chi connectivity index (χ2v) is 4.74. The standard InChI is InChI=1S/C8H18O4S.Na/c1-3-5-6-8(7(9)4-2)13(10,11)12;/h7-9H,3-6H2,1-2H3,(H,10,11,12);/q;+1/p-1. The third-order valence-corrected chi connectivity index (χ3v) is 3.35. The Labute approximate surface area is 108 Å². The summed E-state index contributed by atoms with van der Waals surface area (Å²) in [4.78, 5) is 0. The smallest absolute Gasteiger partial charge is 0.748 e. The van der Waals surface area contributed by atoms with E-state index in [0.29, 0.717) is 12.8 Å². The molecule has 0 amide bonds. The Bertz CT molecular complexity index is 227. The molecule has 0 fully saturated rings. The fourth-order valence-corrected chi connectivity index (χ4v) is 2.23. The van der Waals surface area contributed by atoms with Crippen LogP contribution in [0, 0.1) is 0 Å². The van der Waals surface area contributed by atoms with Crippen LogP contribution in [0.4, 0.5) is 0 Å². The van der Waals surface area contributed by atoms with Crippen LogP contribution in [0.1, 0.15) is 39.5 Å². The molecule has 1 N–H and O–H groups in total. The molecule has 2 atom stereocenters. The maximum absolute atomic E-state index is 10.7. The Hall–Kier alpha value is 0.870. The molecule has 0 aliphatic rings. The van der Waals surface area contributed by atoms with E-state index < -0.39 is 21.5 Å².